The summed E-state index contributed by atoms with van der Waals surface area (Å²) in [6.07, 6.45) is 4.54. The van der Waals surface area contributed by atoms with Gasteiger partial charge in [0.1, 0.15) is 5.69 Å². The molecule has 4 heterocycles. The van der Waals surface area contributed by atoms with E-state index in [2.05, 4.69) is 25.3 Å². The van der Waals surface area contributed by atoms with Gasteiger partial charge in [-0.2, -0.15) is 15.3 Å². The molecule has 1 amide bonds. The number of aromatic nitrogens is 7. The third-order valence-electron chi connectivity index (χ3n) is 7.22. The first kappa shape index (κ1) is 21.0. The summed E-state index contributed by atoms with van der Waals surface area (Å²) in [4.78, 5) is 19.4. The summed E-state index contributed by atoms with van der Waals surface area (Å²) >= 11 is 0. The van der Waals surface area contributed by atoms with E-state index in [0.29, 0.717) is 17.2 Å². The van der Waals surface area contributed by atoms with Crippen molar-refractivity contribution < 1.29 is 4.79 Å². The number of nitrogens with zero attached hydrogens (tertiary/aromatic N) is 7. The molecule has 2 fully saturated rings. The minimum Gasteiger partial charge on any atom is -0.366 e. The molecule has 0 bridgehead atoms. The minimum absolute atomic E-state index is 0.426. The van der Waals surface area contributed by atoms with Crippen LogP contribution in [0.15, 0.2) is 24.4 Å². The Labute approximate surface area is 197 Å². The van der Waals surface area contributed by atoms with Gasteiger partial charge in [-0.25, -0.2) is 4.98 Å². The van der Waals surface area contributed by atoms with Crippen LogP contribution in [0.4, 0.5) is 0 Å². The van der Waals surface area contributed by atoms with E-state index in [0.717, 1.165) is 65.9 Å². The summed E-state index contributed by atoms with van der Waals surface area (Å²) < 4.78 is 3.84. The Morgan fingerprint density at radius 3 is 2.88 bits per heavy atom. The zero-order chi connectivity index (χ0) is 23.4. The number of likely N-dealkylation sites (tertiary alicyclic amines) is 1. The van der Waals surface area contributed by atoms with E-state index in [1.54, 1.807) is 6.07 Å². The van der Waals surface area contributed by atoms with Crippen molar-refractivity contribution in [2.75, 3.05) is 19.6 Å². The SMILES string of the molecule is CCn1nc(C)cc1-c1n[nH]c(-c2cc(C(N)=O)cc3c2cnn3CCN2CCC3CC3C2)n1. The zero-order valence-electron chi connectivity index (χ0n) is 19.5. The van der Waals surface area contributed by atoms with Gasteiger partial charge >= 0.3 is 0 Å². The Morgan fingerprint density at radius 1 is 1.21 bits per heavy atom. The Kier molecular flexibility index (Phi) is 4.98. The number of aromatic amines is 1. The van der Waals surface area contributed by atoms with Gasteiger partial charge in [0.15, 0.2) is 11.6 Å². The van der Waals surface area contributed by atoms with Crippen LogP contribution < -0.4 is 5.73 Å². The predicted octanol–water partition coefficient (Wildman–Crippen LogP) is 2.45. The number of primary amides is 1. The van der Waals surface area contributed by atoms with Gasteiger partial charge in [0.05, 0.1) is 24.0 Å². The van der Waals surface area contributed by atoms with Gasteiger partial charge in [0.2, 0.25) is 5.91 Å². The van der Waals surface area contributed by atoms with Crippen molar-refractivity contribution in [3.63, 3.8) is 0 Å². The van der Waals surface area contributed by atoms with Crippen LogP contribution in [-0.4, -0.2) is 65.2 Å². The second-order valence-corrected chi connectivity index (χ2v) is 9.53. The number of aryl methyl sites for hydroxylation is 2. The molecular formula is C24H29N9O. The Balaban J connectivity index is 1.34. The fraction of sp³-hybridized carbons (Fsp3) is 0.458. The monoisotopic (exact) mass is 459 g/mol. The quantitative estimate of drug-likeness (QED) is 0.438. The van der Waals surface area contributed by atoms with Gasteiger partial charge in [0, 0.05) is 36.1 Å². The van der Waals surface area contributed by atoms with E-state index in [9.17, 15) is 4.79 Å². The number of H-pyrrole nitrogens is 1. The summed E-state index contributed by atoms with van der Waals surface area (Å²) in [5.74, 6) is 2.51. The number of carbonyl (C=O) groups excluding carboxylic acids is 1. The normalized spacial score (nSPS) is 20.1. The van der Waals surface area contributed by atoms with Crippen LogP contribution >= 0.6 is 0 Å². The van der Waals surface area contributed by atoms with Crippen molar-refractivity contribution in [3.05, 3.63) is 35.7 Å². The first-order valence-electron chi connectivity index (χ1n) is 12.0. The summed E-state index contributed by atoms with van der Waals surface area (Å²) in [5, 5.41) is 17.5. The van der Waals surface area contributed by atoms with Crippen molar-refractivity contribution in [3.8, 4) is 22.9 Å². The first-order chi connectivity index (χ1) is 16.5. The highest BCUT2D eigenvalue weighted by Gasteiger charge is 2.41. The highest BCUT2D eigenvalue weighted by molar-refractivity contribution is 6.02. The van der Waals surface area contributed by atoms with Gasteiger partial charge in [-0.3, -0.25) is 19.3 Å². The highest BCUT2D eigenvalue weighted by atomic mass is 16.1. The van der Waals surface area contributed by atoms with Crippen molar-refractivity contribution in [2.24, 2.45) is 17.6 Å². The number of carbonyl (C=O) groups is 1. The molecule has 1 aromatic carbocycles. The lowest BCUT2D eigenvalue weighted by Gasteiger charge is -2.26. The Bertz CT molecular complexity index is 1380. The Morgan fingerprint density at radius 2 is 2.09 bits per heavy atom. The molecule has 10 heteroatoms. The molecule has 2 aliphatic rings. The van der Waals surface area contributed by atoms with E-state index < -0.39 is 5.91 Å². The standard InChI is InChI=1S/C24H29N9O/c1-3-32-21(8-14(2)30-32)24-27-23(28-29-24)18-10-16(22(25)34)11-20-19(18)12-26-33(20)7-6-31-5-4-15-9-17(15)13-31/h8,10-12,15,17H,3-7,9,13H2,1-2H3,(H2,25,34)(H,27,28,29). The molecule has 10 nitrogen and oxygen atoms in total. The molecular weight excluding hydrogens is 430 g/mol. The van der Waals surface area contributed by atoms with E-state index >= 15 is 0 Å². The number of piperidine rings is 1. The number of rotatable bonds is 7. The fourth-order valence-electron chi connectivity index (χ4n) is 5.25. The van der Waals surface area contributed by atoms with Crippen LogP contribution in [0.1, 0.15) is 35.8 Å². The van der Waals surface area contributed by atoms with E-state index in [1.165, 1.54) is 19.4 Å². The molecule has 0 radical (unpaired) electrons. The molecule has 1 aliphatic heterocycles. The number of benzene rings is 1. The largest absolute Gasteiger partial charge is 0.366 e. The van der Waals surface area contributed by atoms with Crippen LogP contribution in [0.25, 0.3) is 33.8 Å². The number of hydrogen-bond acceptors (Lipinski definition) is 6. The lowest BCUT2D eigenvalue weighted by Crippen LogP contribution is -2.34. The van der Waals surface area contributed by atoms with Crippen molar-refractivity contribution in [1.29, 1.82) is 0 Å². The lowest BCUT2D eigenvalue weighted by atomic mass is 10.0. The van der Waals surface area contributed by atoms with Gasteiger partial charge in [0.25, 0.3) is 0 Å². The smallest absolute Gasteiger partial charge is 0.248 e. The molecule has 176 valence electrons. The second kappa shape index (κ2) is 8.05. The van der Waals surface area contributed by atoms with Gasteiger partial charge in [-0.1, -0.05) is 0 Å². The summed E-state index contributed by atoms with van der Waals surface area (Å²) in [7, 11) is 0. The molecule has 3 aromatic heterocycles. The molecule has 6 rings (SSSR count). The topological polar surface area (TPSA) is 124 Å². The maximum atomic E-state index is 12.1. The van der Waals surface area contributed by atoms with Crippen LogP contribution in [0, 0.1) is 18.8 Å². The highest BCUT2D eigenvalue weighted by Crippen LogP contribution is 2.44. The first-order valence-corrected chi connectivity index (χ1v) is 12.0. The summed E-state index contributed by atoms with van der Waals surface area (Å²) in [6.45, 7) is 8.76. The second-order valence-electron chi connectivity index (χ2n) is 9.53. The maximum absolute atomic E-state index is 12.1. The summed E-state index contributed by atoms with van der Waals surface area (Å²) in [6, 6.07) is 5.56. The van der Waals surface area contributed by atoms with Crippen LogP contribution in [0.3, 0.4) is 0 Å². The van der Waals surface area contributed by atoms with Crippen LogP contribution in [-0.2, 0) is 13.1 Å². The average Bonchev–Trinajstić information content (AvgIpc) is 3.15. The fourth-order valence-corrected chi connectivity index (χ4v) is 5.25. The van der Waals surface area contributed by atoms with Crippen LogP contribution in [0.5, 0.6) is 0 Å². The number of fused-ring (bicyclic) bond motifs is 2. The molecule has 1 aliphatic carbocycles. The number of nitrogens with one attached hydrogen (secondary N) is 1. The number of amides is 1. The summed E-state index contributed by atoms with van der Waals surface area (Å²) in [5.41, 5.74) is 9.50. The molecule has 1 saturated heterocycles. The van der Waals surface area contributed by atoms with Gasteiger partial charge in [-0.15, -0.1) is 0 Å². The van der Waals surface area contributed by atoms with Crippen molar-refractivity contribution in [1.82, 2.24) is 39.6 Å². The van der Waals surface area contributed by atoms with Gasteiger partial charge in [-0.05, 0) is 63.3 Å². The molecule has 34 heavy (non-hydrogen) atoms. The third-order valence-corrected chi connectivity index (χ3v) is 7.22. The van der Waals surface area contributed by atoms with E-state index in [1.807, 2.05) is 41.5 Å². The Hall–Kier alpha value is -3.53. The molecule has 0 spiro atoms. The van der Waals surface area contributed by atoms with E-state index in [-0.39, 0.29) is 0 Å². The number of hydrogen-bond donors (Lipinski definition) is 2. The number of nitrogens with two attached hydrogens (primary N) is 1. The van der Waals surface area contributed by atoms with Gasteiger partial charge < -0.3 is 10.6 Å². The maximum Gasteiger partial charge on any atom is 0.248 e. The van der Waals surface area contributed by atoms with E-state index in [4.69, 9.17) is 10.7 Å². The molecule has 2 unspecified atom stereocenters. The minimum atomic E-state index is -0.480. The van der Waals surface area contributed by atoms with Crippen molar-refractivity contribution >= 4 is 16.8 Å². The van der Waals surface area contributed by atoms with Crippen LogP contribution in [0.2, 0.25) is 0 Å². The third kappa shape index (κ3) is 3.67. The lowest BCUT2D eigenvalue weighted by molar-refractivity contribution is 0.100. The zero-order valence-corrected chi connectivity index (χ0v) is 19.5. The molecule has 2 atom stereocenters. The predicted molar refractivity (Wildman–Crippen MR) is 128 cm³/mol. The average molecular weight is 460 g/mol. The molecule has 3 N–H and O–H groups in total. The van der Waals surface area contributed by atoms with Crippen molar-refractivity contribution in [2.45, 2.75) is 39.8 Å². The molecule has 4 aromatic rings. The molecule has 1 saturated carbocycles.